The standard InChI is InChI=1S/C23H23FN2O2/c1-26(16-18-11-6-7-14-21(18)24)22(17-9-4-3-5-10-17)23(27)25-19-12-8-13-20(15-19)28-2/h3-15,22H,16H2,1-2H3,(H,25,27)/p+1/t22-/m1/s1. The summed E-state index contributed by atoms with van der Waals surface area (Å²) in [4.78, 5) is 14.0. The smallest absolute Gasteiger partial charge is 0.287 e. The Hall–Kier alpha value is -3.18. The molecule has 3 aromatic carbocycles. The van der Waals surface area contributed by atoms with E-state index in [1.807, 2.05) is 55.6 Å². The molecule has 0 aliphatic carbocycles. The summed E-state index contributed by atoms with van der Waals surface area (Å²) in [5.41, 5.74) is 2.11. The molecule has 2 N–H and O–H groups in total. The van der Waals surface area contributed by atoms with Gasteiger partial charge in [-0.2, -0.15) is 0 Å². The van der Waals surface area contributed by atoms with E-state index < -0.39 is 6.04 Å². The first-order valence-electron chi connectivity index (χ1n) is 9.14. The number of carbonyl (C=O) groups is 1. The Morgan fingerprint density at radius 2 is 1.75 bits per heavy atom. The SMILES string of the molecule is COc1cccc(NC(=O)[C@@H](c2ccccc2)[NH+](C)Cc2ccccc2F)c1. The maximum absolute atomic E-state index is 14.1. The molecule has 0 aromatic heterocycles. The molecule has 3 rings (SSSR count). The van der Waals surface area contributed by atoms with Crippen LogP contribution in [0.25, 0.3) is 0 Å². The molecule has 0 spiro atoms. The second-order valence-corrected chi connectivity index (χ2v) is 6.68. The number of likely N-dealkylation sites (N-methyl/N-ethyl adjacent to an activating group) is 1. The molecule has 1 amide bonds. The molecule has 3 aromatic rings. The molecule has 1 unspecified atom stereocenters. The van der Waals surface area contributed by atoms with Gasteiger partial charge in [-0.3, -0.25) is 4.79 Å². The molecule has 0 fully saturated rings. The largest absolute Gasteiger partial charge is 0.497 e. The third kappa shape index (κ3) is 4.75. The zero-order valence-corrected chi connectivity index (χ0v) is 16.0. The number of nitrogens with one attached hydrogen (secondary N) is 2. The number of anilines is 1. The van der Waals surface area contributed by atoms with Crippen molar-refractivity contribution in [3.05, 3.63) is 95.8 Å². The van der Waals surface area contributed by atoms with Crippen LogP contribution in [0.4, 0.5) is 10.1 Å². The van der Waals surface area contributed by atoms with Crippen LogP contribution in [-0.2, 0) is 11.3 Å². The summed E-state index contributed by atoms with van der Waals surface area (Å²) in [5, 5.41) is 2.96. The van der Waals surface area contributed by atoms with Crippen LogP contribution in [0.5, 0.6) is 5.75 Å². The number of hydrogen-bond donors (Lipinski definition) is 2. The topological polar surface area (TPSA) is 42.8 Å². The quantitative estimate of drug-likeness (QED) is 0.662. The summed E-state index contributed by atoms with van der Waals surface area (Å²) in [7, 11) is 3.48. The highest BCUT2D eigenvalue weighted by molar-refractivity contribution is 5.94. The Bertz CT molecular complexity index is 931. The van der Waals surface area contributed by atoms with Crippen molar-refractivity contribution in [2.75, 3.05) is 19.5 Å². The monoisotopic (exact) mass is 379 g/mol. The van der Waals surface area contributed by atoms with Crippen LogP contribution < -0.4 is 15.0 Å². The van der Waals surface area contributed by atoms with E-state index >= 15 is 0 Å². The number of methoxy groups -OCH3 is 1. The molecule has 0 aliphatic rings. The van der Waals surface area contributed by atoms with Gasteiger partial charge in [0.1, 0.15) is 18.1 Å². The molecule has 4 nitrogen and oxygen atoms in total. The van der Waals surface area contributed by atoms with Crippen LogP contribution in [0.2, 0.25) is 0 Å². The van der Waals surface area contributed by atoms with Gasteiger partial charge >= 0.3 is 0 Å². The van der Waals surface area contributed by atoms with E-state index in [2.05, 4.69) is 5.32 Å². The van der Waals surface area contributed by atoms with Crippen LogP contribution in [0, 0.1) is 5.82 Å². The molecule has 0 radical (unpaired) electrons. The highest BCUT2D eigenvalue weighted by Crippen LogP contribution is 2.19. The number of hydrogen-bond acceptors (Lipinski definition) is 2. The number of carbonyl (C=O) groups excluding carboxylic acids is 1. The first kappa shape index (κ1) is 19.6. The average Bonchev–Trinajstić information content (AvgIpc) is 2.71. The van der Waals surface area contributed by atoms with Gasteiger partial charge < -0.3 is 15.0 Å². The van der Waals surface area contributed by atoms with Crippen molar-refractivity contribution in [2.24, 2.45) is 0 Å². The summed E-state index contributed by atoms with van der Waals surface area (Å²) >= 11 is 0. The van der Waals surface area contributed by atoms with Crippen LogP contribution in [0.1, 0.15) is 17.2 Å². The van der Waals surface area contributed by atoms with Crippen LogP contribution in [0.3, 0.4) is 0 Å². The molecular weight excluding hydrogens is 355 g/mol. The zero-order valence-electron chi connectivity index (χ0n) is 16.0. The van der Waals surface area contributed by atoms with Crippen LogP contribution in [0.15, 0.2) is 78.9 Å². The maximum Gasteiger partial charge on any atom is 0.287 e. The number of halogens is 1. The Morgan fingerprint density at radius 1 is 1.04 bits per heavy atom. The molecule has 0 bridgehead atoms. The minimum atomic E-state index is -0.494. The molecule has 5 heteroatoms. The van der Waals surface area contributed by atoms with Crippen LogP contribution >= 0.6 is 0 Å². The maximum atomic E-state index is 14.1. The van der Waals surface area contributed by atoms with Crippen molar-refractivity contribution in [1.29, 1.82) is 0 Å². The highest BCUT2D eigenvalue weighted by Gasteiger charge is 2.29. The summed E-state index contributed by atoms with van der Waals surface area (Å²) in [6, 6.07) is 22.9. The number of benzene rings is 3. The van der Waals surface area contributed by atoms with Crippen molar-refractivity contribution in [3.63, 3.8) is 0 Å². The number of amides is 1. The summed E-state index contributed by atoms with van der Waals surface area (Å²) < 4.78 is 19.3. The summed E-state index contributed by atoms with van der Waals surface area (Å²) in [6.07, 6.45) is 0. The van der Waals surface area contributed by atoms with E-state index in [0.29, 0.717) is 23.5 Å². The van der Waals surface area contributed by atoms with Gasteiger partial charge in [-0.05, 0) is 18.2 Å². The fourth-order valence-corrected chi connectivity index (χ4v) is 3.26. The molecule has 144 valence electrons. The van der Waals surface area contributed by atoms with Gasteiger partial charge in [0.2, 0.25) is 0 Å². The minimum absolute atomic E-state index is 0.159. The van der Waals surface area contributed by atoms with Gasteiger partial charge in [0.15, 0.2) is 6.04 Å². The Morgan fingerprint density at radius 3 is 2.46 bits per heavy atom. The van der Waals surface area contributed by atoms with Gasteiger partial charge in [0.05, 0.1) is 14.2 Å². The lowest BCUT2D eigenvalue weighted by Crippen LogP contribution is -3.09. The van der Waals surface area contributed by atoms with E-state index in [0.717, 1.165) is 10.5 Å². The number of rotatable bonds is 7. The fourth-order valence-electron chi connectivity index (χ4n) is 3.26. The molecule has 0 heterocycles. The molecule has 2 atom stereocenters. The third-order valence-electron chi connectivity index (χ3n) is 4.65. The fraction of sp³-hybridized carbons (Fsp3) is 0.174. The average molecular weight is 379 g/mol. The molecule has 0 saturated heterocycles. The third-order valence-corrected chi connectivity index (χ3v) is 4.65. The van der Waals surface area contributed by atoms with Gasteiger partial charge in [-0.1, -0.05) is 54.6 Å². The van der Waals surface area contributed by atoms with Crippen molar-refractivity contribution in [1.82, 2.24) is 0 Å². The van der Waals surface area contributed by atoms with Gasteiger partial charge in [0.25, 0.3) is 5.91 Å². The van der Waals surface area contributed by atoms with Gasteiger partial charge in [-0.15, -0.1) is 0 Å². The minimum Gasteiger partial charge on any atom is -0.497 e. The highest BCUT2D eigenvalue weighted by atomic mass is 19.1. The second kappa shape index (κ2) is 9.15. The van der Waals surface area contributed by atoms with Crippen molar-refractivity contribution >= 4 is 11.6 Å². The molecule has 28 heavy (non-hydrogen) atoms. The predicted molar refractivity (Wildman–Crippen MR) is 108 cm³/mol. The van der Waals surface area contributed by atoms with Crippen molar-refractivity contribution < 1.29 is 18.8 Å². The van der Waals surface area contributed by atoms with E-state index in [-0.39, 0.29) is 11.7 Å². The number of quaternary nitrogens is 1. The Balaban J connectivity index is 1.86. The van der Waals surface area contributed by atoms with Gasteiger partial charge in [-0.25, -0.2) is 4.39 Å². The van der Waals surface area contributed by atoms with E-state index in [4.69, 9.17) is 4.74 Å². The summed E-state index contributed by atoms with van der Waals surface area (Å²) in [6.45, 7) is 0.387. The lowest BCUT2D eigenvalue weighted by molar-refractivity contribution is -0.916. The lowest BCUT2D eigenvalue weighted by atomic mass is 10.0. The molecule has 0 saturated carbocycles. The summed E-state index contributed by atoms with van der Waals surface area (Å²) in [5.74, 6) is 0.247. The normalized spacial score (nSPS) is 12.8. The predicted octanol–water partition coefficient (Wildman–Crippen LogP) is 3.23. The zero-order chi connectivity index (χ0) is 19.9. The lowest BCUT2D eigenvalue weighted by Gasteiger charge is -2.25. The van der Waals surface area contributed by atoms with E-state index in [9.17, 15) is 9.18 Å². The van der Waals surface area contributed by atoms with Gasteiger partial charge in [0, 0.05) is 22.9 Å². The van der Waals surface area contributed by atoms with E-state index in [1.54, 1.807) is 31.4 Å². The molecule has 0 aliphatic heterocycles. The van der Waals surface area contributed by atoms with Crippen molar-refractivity contribution in [2.45, 2.75) is 12.6 Å². The first-order valence-corrected chi connectivity index (χ1v) is 9.14. The Labute approximate surface area is 164 Å². The number of ether oxygens (including phenoxy) is 1. The van der Waals surface area contributed by atoms with Crippen LogP contribution in [-0.4, -0.2) is 20.1 Å². The van der Waals surface area contributed by atoms with E-state index in [1.165, 1.54) is 6.07 Å². The molecular formula is C23H24FN2O2+. The van der Waals surface area contributed by atoms with Crippen molar-refractivity contribution in [3.8, 4) is 5.75 Å². The Kier molecular flexibility index (Phi) is 6.40. The second-order valence-electron chi connectivity index (χ2n) is 6.68. The first-order chi connectivity index (χ1) is 13.6.